The second-order valence-electron chi connectivity index (χ2n) is 4.28. The van der Waals surface area contributed by atoms with E-state index in [0.29, 0.717) is 5.02 Å². The number of thioether (sulfide) groups is 1. The van der Waals surface area contributed by atoms with Gasteiger partial charge in [-0.3, -0.25) is 0 Å². The number of urea groups is 1. The van der Waals surface area contributed by atoms with Gasteiger partial charge in [-0.2, -0.15) is 11.8 Å². The van der Waals surface area contributed by atoms with Crippen molar-refractivity contribution in [2.24, 2.45) is 0 Å². The van der Waals surface area contributed by atoms with Crippen LogP contribution in [0.4, 0.5) is 10.5 Å². The van der Waals surface area contributed by atoms with Gasteiger partial charge in [0, 0.05) is 6.04 Å². The summed E-state index contributed by atoms with van der Waals surface area (Å²) in [6.07, 6.45) is 2.86. The highest BCUT2D eigenvalue weighted by atomic mass is 35.5. The van der Waals surface area contributed by atoms with Crippen molar-refractivity contribution in [1.82, 2.24) is 5.32 Å². The van der Waals surface area contributed by atoms with Gasteiger partial charge in [-0.15, -0.1) is 0 Å². The number of halogens is 1. The van der Waals surface area contributed by atoms with Crippen molar-refractivity contribution in [3.8, 4) is 0 Å². The molecule has 1 atom stereocenters. The molecule has 110 valence electrons. The maximum Gasteiger partial charge on any atom is 0.335 e. The lowest BCUT2D eigenvalue weighted by Gasteiger charge is -2.15. The Hall–Kier alpha value is -1.40. The van der Waals surface area contributed by atoms with Crippen LogP contribution in [0.1, 0.15) is 23.7 Å². The smallest absolute Gasteiger partial charge is 0.335 e. The van der Waals surface area contributed by atoms with E-state index < -0.39 is 12.0 Å². The van der Waals surface area contributed by atoms with Crippen molar-refractivity contribution < 1.29 is 14.7 Å². The zero-order valence-electron chi connectivity index (χ0n) is 11.3. The molecule has 1 unspecified atom stereocenters. The molecular weight excluding hydrogens is 300 g/mol. The number of carbonyl (C=O) groups is 2. The van der Waals surface area contributed by atoms with E-state index in [-0.39, 0.29) is 17.3 Å². The molecule has 0 radical (unpaired) electrons. The molecule has 0 spiro atoms. The van der Waals surface area contributed by atoms with Gasteiger partial charge in [-0.05, 0) is 43.6 Å². The SMILES string of the molecule is CSCCC(C)NC(=O)Nc1cc(C(=O)O)ccc1Cl. The van der Waals surface area contributed by atoms with Crippen LogP contribution in [0.2, 0.25) is 5.02 Å². The molecule has 2 amide bonds. The summed E-state index contributed by atoms with van der Waals surface area (Å²) < 4.78 is 0. The van der Waals surface area contributed by atoms with Crippen LogP contribution in [0.3, 0.4) is 0 Å². The molecule has 3 N–H and O–H groups in total. The van der Waals surface area contributed by atoms with Crippen LogP contribution in [-0.4, -0.2) is 35.2 Å². The van der Waals surface area contributed by atoms with Crippen LogP contribution in [-0.2, 0) is 0 Å². The molecule has 7 heteroatoms. The zero-order chi connectivity index (χ0) is 15.1. The molecule has 1 aromatic rings. The molecule has 5 nitrogen and oxygen atoms in total. The largest absolute Gasteiger partial charge is 0.478 e. The fraction of sp³-hybridized carbons (Fsp3) is 0.385. The van der Waals surface area contributed by atoms with Crippen molar-refractivity contribution in [1.29, 1.82) is 0 Å². The topological polar surface area (TPSA) is 78.4 Å². The highest BCUT2D eigenvalue weighted by Gasteiger charge is 2.11. The van der Waals surface area contributed by atoms with Gasteiger partial charge < -0.3 is 15.7 Å². The van der Waals surface area contributed by atoms with Gasteiger partial charge in [0.1, 0.15) is 0 Å². The first-order chi connectivity index (χ1) is 9.43. The average Bonchev–Trinajstić information content (AvgIpc) is 2.38. The fourth-order valence-electron chi connectivity index (χ4n) is 1.50. The number of benzene rings is 1. The van der Waals surface area contributed by atoms with Crippen LogP contribution in [0.5, 0.6) is 0 Å². The van der Waals surface area contributed by atoms with Gasteiger partial charge in [0.25, 0.3) is 0 Å². The third-order valence-corrected chi connectivity index (χ3v) is 3.57. The Bertz CT molecular complexity index is 497. The number of anilines is 1. The summed E-state index contributed by atoms with van der Waals surface area (Å²) in [5, 5.41) is 14.5. The number of nitrogens with one attached hydrogen (secondary N) is 2. The molecule has 0 aromatic heterocycles. The van der Waals surface area contributed by atoms with Crippen LogP contribution < -0.4 is 10.6 Å². The molecule has 0 aliphatic rings. The summed E-state index contributed by atoms with van der Waals surface area (Å²) in [7, 11) is 0. The highest BCUT2D eigenvalue weighted by molar-refractivity contribution is 7.98. The van der Waals surface area contributed by atoms with Crippen molar-refractivity contribution >= 4 is 41.1 Å². The first-order valence-corrected chi connectivity index (χ1v) is 7.80. The monoisotopic (exact) mass is 316 g/mol. The highest BCUT2D eigenvalue weighted by Crippen LogP contribution is 2.23. The first-order valence-electron chi connectivity index (χ1n) is 6.03. The Morgan fingerprint density at radius 2 is 2.15 bits per heavy atom. The summed E-state index contributed by atoms with van der Waals surface area (Å²) in [6.45, 7) is 1.91. The van der Waals surface area contributed by atoms with Gasteiger partial charge >= 0.3 is 12.0 Å². The number of rotatable bonds is 6. The van der Waals surface area contributed by atoms with Crippen LogP contribution in [0.15, 0.2) is 18.2 Å². The lowest BCUT2D eigenvalue weighted by atomic mass is 10.2. The molecule has 1 rings (SSSR count). The molecule has 0 aliphatic heterocycles. The van der Waals surface area contributed by atoms with Crippen molar-refractivity contribution in [2.45, 2.75) is 19.4 Å². The van der Waals surface area contributed by atoms with Crippen LogP contribution >= 0.6 is 23.4 Å². The Morgan fingerprint density at radius 3 is 2.75 bits per heavy atom. The molecule has 20 heavy (non-hydrogen) atoms. The Morgan fingerprint density at radius 1 is 1.45 bits per heavy atom. The summed E-state index contributed by atoms with van der Waals surface area (Å²) in [4.78, 5) is 22.7. The molecular formula is C13H17ClN2O3S. The summed E-state index contributed by atoms with van der Waals surface area (Å²) >= 11 is 7.64. The minimum Gasteiger partial charge on any atom is -0.478 e. The van der Waals surface area contributed by atoms with Crippen LogP contribution in [0, 0.1) is 0 Å². The van der Waals surface area contributed by atoms with Crippen molar-refractivity contribution in [3.05, 3.63) is 28.8 Å². The molecule has 0 heterocycles. The summed E-state index contributed by atoms with van der Waals surface area (Å²) in [6, 6.07) is 3.79. The number of hydrogen-bond donors (Lipinski definition) is 3. The van der Waals surface area contributed by atoms with E-state index >= 15 is 0 Å². The minimum atomic E-state index is -1.07. The molecule has 1 aromatic carbocycles. The third-order valence-electron chi connectivity index (χ3n) is 2.59. The van der Waals surface area contributed by atoms with E-state index in [0.717, 1.165) is 12.2 Å². The summed E-state index contributed by atoms with van der Waals surface area (Å²) in [5.74, 6) is -0.116. The predicted molar refractivity (Wildman–Crippen MR) is 83.0 cm³/mol. The van der Waals surface area contributed by atoms with Gasteiger partial charge in [0.15, 0.2) is 0 Å². The Kier molecular flexibility index (Phi) is 6.67. The quantitative estimate of drug-likeness (QED) is 0.752. The molecule has 0 saturated heterocycles. The summed E-state index contributed by atoms with van der Waals surface area (Å²) in [5.41, 5.74) is 0.348. The zero-order valence-corrected chi connectivity index (χ0v) is 12.8. The Labute approximate surface area is 127 Å². The van der Waals surface area contributed by atoms with E-state index in [1.54, 1.807) is 11.8 Å². The number of carbonyl (C=O) groups excluding carboxylic acids is 1. The number of hydrogen-bond acceptors (Lipinski definition) is 3. The van der Waals surface area contributed by atoms with Crippen LogP contribution in [0.25, 0.3) is 0 Å². The van der Waals surface area contributed by atoms with E-state index in [9.17, 15) is 9.59 Å². The van der Waals surface area contributed by atoms with E-state index in [2.05, 4.69) is 10.6 Å². The fourth-order valence-corrected chi connectivity index (χ4v) is 2.26. The average molecular weight is 317 g/mol. The van der Waals surface area contributed by atoms with Gasteiger partial charge in [-0.25, -0.2) is 9.59 Å². The van der Waals surface area contributed by atoms with Crippen molar-refractivity contribution in [2.75, 3.05) is 17.3 Å². The standard InChI is InChI=1S/C13H17ClN2O3S/c1-8(5-6-20-2)15-13(19)16-11-7-9(12(17)18)3-4-10(11)14/h3-4,7-8H,5-6H2,1-2H3,(H,17,18)(H2,15,16,19). The van der Waals surface area contributed by atoms with E-state index in [1.165, 1.54) is 18.2 Å². The van der Waals surface area contributed by atoms with E-state index in [1.807, 2.05) is 13.2 Å². The van der Waals surface area contributed by atoms with Gasteiger partial charge in [-0.1, -0.05) is 11.6 Å². The number of aromatic carboxylic acids is 1. The molecule has 0 bridgehead atoms. The Balaban J connectivity index is 2.65. The maximum atomic E-state index is 11.8. The number of amides is 2. The van der Waals surface area contributed by atoms with Gasteiger partial charge in [0.05, 0.1) is 16.3 Å². The maximum absolute atomic E-state index is 11.8. The minimum absolute atomic E-state index is 0.0314. The second kappa shape index (κ2) is 8.01. The third kappa shape index (κ3) is 5.30. The lowest BCUT2D eigenvalue weighted by Crippen LogP contribution is -2.36. The molecule has 0 saturated carbocycles. The van der Waals surface area contributed by atoms with Gasteiger partial charge in [0.2, 0.25) is 0 Å². The number of carboxylic acid groups (broad SMARTS) is 1. The first kappa shape index (κ1) is 16.7. The predicted octanol–water partition coefficient (Wildman–Crippen LogP) is 3.30. The van der Waals surface area contributed by atoms with E-state index in [4.69, 9.17) is 16.7 Å². The normalized spacial score (nSPS) is 11.8. The molecule has 0 aliphatic carbocycles. The lowest BCUT2D eigenvalue weighted by molar-refractivity contribution is 0.0697. The number of carboxylic acids is 1. The molecule has 0 fully saturated rings. The second-order valence-corrected chi connectivity index (χ2v) is 5.67. The van der Waals surface area contributed by atoms with Crippen molar-refractivity contribution in [3.63, 3.8) is 0 Å².